The minimum atomic E-state index is -0.878. The molecule has 1 rings (SSSR count). The van der Waals surface area contributed by atoms with Crippen LogP contribution in [0.3, 0.4) is 0 Å². The summed E-state index contributed by atoms with van der Waals surface area (Å²) in [7, 11) is 0. The van der Waals surface area contributed by atoms with E-state index < -0.39 is 23.9 Å². The van der Waals surface area contributed by atoms with Crippen LogP contribution in [0, 0.1) is 0 Å². The summed E-state index contributed by atoms with van der Waals surface area (Å²) < 4.78 is 17.7. The van der Waals surface area contributed by atoms with Gasteiger partial charge in [-0.15, -0.1) is 0 Å². The molecule has 1 unspecified atom stereocenters. The first-order valence-electron chi connectivity index (χ1n) is 5.09. The number of hydrogen-bond donors (Lipinski definition) is 1. The second-order valence-electron chi connectivity index (χ2n) is 5.15. The number of nitrogens with zero attached hydrogens (tertiary/aromatic N) is 1. The number of ether oxygens (including phenoxy) is 1. The highest BCUT2D eigenvalue weighted by molar-refractivity contribution is 5.68. The average molecular weight is 218 g/mol. The van der Waals surface area contributed by atoms with Gasteiger partial charge in [0.1, 0.15) is 12.3 Å². The van der Waals surface area contributed by atoms with Gasteiger partial charge in [-0.2, -0.15) is 0 Å². The molecule has 5 heteroatoms. The van der Waals surface area contributed by atoms with Crippen molar-refractivity contribution in [3.05, 3.63) is 0 Å². The highest BCUT2D eigenvalue weighted by atomic mass is 19.1. The van der Waals surface area contributed by atoms with E-state index in [1.165, 1.54) is 4.90 Å². The number of likely N-dealkylation sites (tertiary alicyclic amines) is 1. The van der Waals surface area contributed by atoms with Crippen LogP contribution in [0.4, 0.5) is 9.18 Å². The summed E-state index contributed by atoms with van der Waals surface area (Å²) in [5, 5.41) is 0. The third-order valence-corrected chi connectivity index (χ3v) is 2.30. The molecule has 1 aliphatic heterocycles. The van der Waals surface area contributed by atoms with Crippen molar-refractivity contribution in [2.75, 3.05) is 19.8 Å². The zero-order valence-electron chi connectivity index (χ0n) is 9.55. The molecule has 1 amide bonds. The monoisotopic (exact) mass is 218 g/mol. The molecular formula is C10H19FN2O2. The third kappa shape index (κ3) is 3.34. The average Bonchev–Trinajstić information content (AvgIpc) is 2.46. The summed E-state index contributed by atoms with van der Waals surface area (Å²) in [6.07, 6.45) is 0.0752. The standard InChI is InChI=1S/C10H19FN2O2/c1-9(2,3)15-8(14)13-5-4-10(12,6-11)7-13/h4-7,12H2,1-3H3. The van der Waals surface area contributed by atoms with Crippen LogP contribution in [0.15, 0.2) is 0 Å². The first kappa shape index (κ1) is 12.2. The predicted octanol–water partition coefficient (Wildman–Crippen LogP) is 1.29. The topological polar surface area (TPSA) is 55.6 Å². The Hall–Kier alpha value is -0.840. The summed E-state index contributed by atoms with van der Waals surface area (Å²) in [5.41, 5.74) is 4.33. The Morgan fingerprint density at radius 1 is 1.60 bits per heavy atom. The van der Waals surface area contributed by atoms with Crippen LogP contribution < -0.4 is 5.73 Å². The van der Waals surface area contributed by atoms with Gasteiger partial charge in [0.05, 0.1) is 5.54 Å². The molecule has 0 aromatic carbocycles. The van der Waals surface area contributed by atoms with Crippen molar-refractivity contribution in [1.82, 2.24) is 4.90 Å². The normalized spacial score (nSPS) is 26.9. The number of carbonyl (C=O) groups excluding carboxylic acids is 1. The molecule has 88 valence electrons. The van der Waals surface area contributed by atoms with Crippen LogP contribution in [-0.4, -0.2) is 41.9 Å². The second-order valence-corrected chi connectivity index (χ2v) is 5.15. The summed E-state index contributed by atoms with van der Waals surface area (Å²) in [6.45, 7) is 5.49. The van der Waals surface area contributed by atoms with E-state index in [1.807, 2.05) is 0 Å². The summed E-state index contributed by atoms with van der Waals surface area (Å²) >= 11 is 0. The minimum Gasteiger partial charge on any atom is -0.444 e. The lowest BCUT2D eigenvalue weighted by Crippen LogP contribution is -2.46. The van der Waals surface area contributed by atoms with Gasteiger partial charge in [0.15, 0.2) is 0 Å². The fraction of sp³-hybridized carbons (Fsp3) is 0.900. The van der Waals surface area contributed by atoms with E-state index in [-0.39, 0.29) is 6.54 Å². The summed E-state index contributed by atoms with van der Waals surface area (Å²) in [6, 6.07) is 0. The van der Waals surface area contributed by atoms with Gasteiger partial charge in [-0.1, -0.05) is 0 Å². The molecule has 1 saturated heterocycles. The zero-order chi connectivity index (χ0) is 11.7. The summed E-state index contributed by atoms with van der Waals surface area (Å²) in [5.74, 6) is 0. The van der Waals surface area contributed by atoms with E-state index in [2.05, 4.69) is 0 Å². The number of alkyl halides is 1. The third-order valence-electron chi connectivity index (χ3n) is 2.30. The highest BCUT2D eigenvalue weighted by Gasteiger charge is 2.38. The molecule has 4 nitrogen and oxygen atoms in total. The van der Waals surface area contributed by atoms with Gasteiger partial charge in [0.25, 0.3) is 0 Å². The van der Waals surface area contributed by atoms with Gasteiger partial charge in [-0.3, -0.25) is 0 Å². The quantitative estimate of drug-likeness (QED) is 0.721. The molecule has 0 aliphatic carbocycles. The number of nitrogens with two attached hydrogens (primary N) is 1. The SMILES string of the molecule is CC(C)(C)OC(=O)N1CCC(N)(CF)C1. The maximum absolute atomic E-state index is 12.6. The first-order chi connectivity index (χ1) is 6.76. The smallest absolute Gasteiger partial charge is 0.410 e. The fourth-order valence-electron chi connectivity index (χ4n) is 1.49. The van der Waals surface area contributed by atoms with Gasteiger partial charge in [-0.05, 0) is 27.2 Å². The number of halogens is 1. The van der Waals surface area contributed by atoms with Gasteiger partial charge >= 0.3 is 6.09 Å². The lowest BCUT2D eigenvalue weighted by Gasteiger charge is -2.25. The van der Waals surface area contributed by atoms with E-state index in [9.17, 15) is 9.18 Å². The van der Waals surface area contributed by atoms with Crippen LogP contribution in [0.1, 0.15) is 27.2 Å². The molecule has 0 saturated carbocycles. The number of carbonyl (C=O) groups is 1. The molecule has 1 heterocycles. The largest absolute Gasteiger partial charge is 0.444 e. The summed E-state index contributed by atoms with van der Waals surface area (Å²) in [4.78, 5) is 13.1. The van der Waals surface area contributed by atoms with Crippen LogP contribution >= 0.6 is 0 Å². The second kappa shape index (κ2) is 3.96. The van der Waals surface area contributed by atoms with Crippen LogP contribution in [0.5, 0.6) is 0 Å². The Kier molecular flexibility index (Phi) is 3.23. The van der Waals surface area contributed by atoms with E-state index in [1.54, 1.807) is 20.8 Å². The molecule has 2 N–H and O–H groups in total. The van der Waals surface area contributed by atoms with Gasteiger partial charge in [0, 0.05) is 13.1 Å². The first-order valence-corrected chi connectivity index (χ1v) is 5.09. The van der Waals surface area contributed by atoms with E-state index >= 15 is 0 Å². The Morgan fingerprint density at radius 2 is 2.20 bits per heavy atom. The lowest BCUT2D eigenvalue weighted by atomic mass is 10.0. The van der Waals surface area contributed by atoms with E-state index in [0.717, 1.165) is 0 Å². The van der Waals surface area contributed by atoms with Crippen molar-refractivity contribution >= 4 is 6.09 Å². The Morgan fingerprint density at radius 3 is 2.60 bits per heavy atom. The van der Waals surface area contributed by atoms with Crippen LogP contribution in [0.25, 0.3) is 0 Å². The predicted molar refractivity (Wildman–Crippen MR) is 55.3 cm³/mol. The number of amides is 1. The molecule has 0 aromatic heterocycles. The minimum absolute atomic E-state index is 0.235. The molecule has 1 aliphatic rings. The Labute approximate surface area is 89.6 Å². The van der Waals surface area contributed by atoms with E-state index in [0.29, 0.717) is 13.0 Å². The molecule has 1 fully saturated rings. The zero-order valence-corrected chi connectivity index (χ0v) is 9.55. The molecular weight excluding hydrogens is 199 g/mol. The molecule has 0 radical (unpaired) electrons. The van der Waals surface area contributed by atoms with Crippen molar-refractivity contribution in [1.29, 1.82) is 0 Å². The fourth-order valence-corrected chi connectivity index (χ4v) is 1.49. The highest BCUT2D eigenvalue weighted by Crippen LogP contribution is 2.21. The Bertz CT molecular complexity index is 252. The van der Waals surface area contributed by atoms with Gasteiger partial charge < -0.3 is 15.4 Å². The van der Waals surface area contributed by atoms with Crippen molar-refractivity contribution in [2.24, 2.45) is 5.73 Å². The molecule has 0 aromatic rings. The van der Waals surface area contributed by atoms with E-state index in [4.69, 9.17) is 10.5 Å². The molecule has 0 spiro atoms. The molecule has 15 heavy (non-hydrogen) atoms. The maximum atomic E-state index is 12.6. The molecule has 0 bridgehead atoms. The van der Waals surface area contributed by atoms with Crippen molar-refractivity contribution in [2.45, 2.75) is 38.3 Å². The Balaban J connectivity index is 2.51. The maximum Gasteiger partial charge on any atom is 0.410 e. The van der Waals surface area contributed by atoms with Crippen molar-refractivity contribution < 1.29 is 13.9 Å². The van der Waals surface area contributed by atoms with Crippen molar-refractivity contribution in [3.8, 4) is 0 Å². The van der Waals surface area contributed by atoms with Crippen molar-refractivity contribution in [3.63, 3.8) is 0 Å². The number of rotatable bonds is 1. The van der Waals surface area contributed by atoms with Crippen LogP contribution in [0.2, 0.25) is 0 Å². The van der Waals surface area contributed by atoms with Gasteiger partial charge in [-0.25, -0.2) is 9.18 Å². The number of hydrogen-bond acceptors (Lipinski definition) is 3. The lowest BCUT2D eigenvalue weighted by molar-refractivity contribution is 0.0282. The van der Waals surface area contributed by atoms with Crippen LogP contribution in [-0.2, 0) is 4.74 Å². The molecule has 1 atom stereocenters. The van der Waals surface area contributed by atoms with Gasteiger partial charge in [0.2, 0.25) is 0 Å².